The summed E-state index contributed by atoms with van der Waals surface area (Å²) in [7, 11) is 3.34. The number of methoxy groups -OCH3 is 2. The average molecular weight is 555 g/mol. The summed E-state index contributed by atoms with van der Waals surface area (Å²) in [5.74, 6) is 2.88. The largest absolute Gasteiger partial charge is 0.495 e. The van der Waals surface area contributed by atoms with Crippen molar-refractivity contribution < 1.29 is 13.9 Å². The van der Waals surface area contributed by atoms with Crippen molar-refractivity contribution in [2.24, 2.45) is 0 Å². The molecule has 0 N–H and O–H groups in total. The molecule has 0 aliphatic rings. The minimum atomic E-state index is 0.710. The maximum atomic E-state index is 6.51. The third-order valence-electron chi connectivity index (χ3n) is 5.22. The summed E-state index contributed by atoms with van der Waals surface area (Å²) in [6.07, 6.45) is 0. The van der Waals surface area contributed by atoms with E-state index >= 15 is 0 Å². The van der Waals surface area contributed by atoms with Gasteiger partial charge in [0.25, 0.3) is 0 Å². The molecular formula is C27H23Br2O3+. The van der Waals surface area contributed by atoms with Crippen LogP contribution in [0.4, 0.5) is 0 Å². The monoisotopic (exact) mass is 553 g/mol. The molecule has 162 valence electrons. The maximum absolute atomic E-state index is 6.51. The van der Waals surface area contributed by atoms with E-state index in [1.54, 1.807) is 14.2 Å². The fraction of sp³-hybridized carbons (Fsp3) is 0.148. The number of aryl methyl sites for hydroxylation is 2. The van der Waals surface area contributed by atoms with E-state index in [1.165, 1.54) is 0 Å². The molecule has 0 radical (unpaired) electrons. The summed E-state index contributed by atoms with van der Waals surface area (Å²) >= 11 is 7.26. The number of ether oxygens (including phenoxy) is 2. The molecule has 3 nitrogen and oxygen atoms in total. The molecule has 4 aromatic rings. The Morgan fingerprint density at radius 3 is 1.53 bits per heavy atom. The molecule has 0 amide bonds. The Bertz CT molecular complexity index is 1210. The highest BCUT2D eigenvalue weighted by molar-refractivity contribution is 9.11. The third kappa shape index (κ3) is 4.45. The maximum Gasteiger partial charge on any atom is 0.365 e. The molecule has 0 spiro atoms. The van der Waals surface area contributed by atoms with Gasteiger partial charge in [0.1, 0.15) is 22.6 Å². The van der Waals surface area contributed by atoms with Gasteiger partial charge in [0, 0.05) is 5.56 Å². The van der Waals surface area contributed by atoms with Crippen LogP contribution < -0.4 is 9.47 Å². The van der Waals surface area contributed by atoms with Crippen molar-refractivity contribution in [3.8, 4) is 45.3 Å². The number of benzene rings is 3. The molecular weight excluding hydrogens is 532 g/mol. The van der Waals surface area contributed by atoms with E-state index < -0.39 is 0 Å². The first-order valence-electron chi connectivity index (χ1n) is 10.1. The second kappa shape index (κ2) is 9.47. The topological polar surface area (TPSA) is 29.8 Å². The van der Waals surface area contributed by atoms with Crippen LogP contribution in [0.1, 0.15) is 11.1 Å². The molecule has 5 heteroatoms. The molecule has 0 saturated heterocycles. The van der Waals surface area contributed by atoms with Crippen LogP contribution in [0.3, 0.4) is 0 Å². The summed E-state index contributed by atoms with van der Waals surface area (Å²) < 4.78 is 19.7. The Morgan fingerprint density at radius 1 is 0.625 bits per heavy atom. The van der Waals surface area contributed by atoms with Crippen LogP contribution in [0.25, 0.3) is 33.8 Å². The fourth-order valence-electron chi connectivity index (χ4n) is 3.80. The van der Waals surface area contributed by atoms with Crippen LogP contribution in [0.15, 0.2) is 80.1 Å². The van der Waals surface area contributed by atoms with Crippen molar-refractivity contribution in [2.75, 3.05) is 14.2 Å². The van der Waals surface area contributed by atoms with Crippen molar-refractivity contribution in [1.29, 1.82) is 0 Å². The lowest BCUT2D eigenvalue weighted by Crippen LogP contribution is -1.94. The molecule has 1 aromatic heterocycles. The van der Waals surface area contributed by atoms with E-state index in [-0.39, 0.29) is 0 Å². The predicted octanol–water partition coefficient (Wildman–Crippen LogP) is 8.72. The van der Waals surface area contributed by atoms with Gasteiger partial charge in [-0.15, -0.1) is 0 Å². The van der Waals surface area contributed by atoms with Crippen molar-refractivity contribution in [3.05, 3.63) is 86.8 Å². The highest BCUT2D eigenvalue weighted by atomic mass is 79.9. The van der Waals surface area contributed by atoms with Gasteiger partial charge in [-0.05, 0) is 86.7 Å². The number of rotatable bonds is 5. The average Bonchev–Trinajstić information content (AvgIpc) is 2.78. The minimum absolute atomic E-state index is 0.710. The van der Waals surface area contributed by atoms with Crippen LogP contribution in [-0.2, 0) is 0 Å². The third-order valence-corrected chi connectivity index (χ3v) is 6.39. The van der Waals surface area contributed by atoms with Gasteiger partial charge in [0.05, 0.1) is 35.3 Å². The quantitative estimate of drug-likeness (QED) is 0.231. The zero-order valence-electron chi connectivity index (χ0n) is 18.3. The Balaban J connectivity index is 2.04. The molecule has 3 aromatic carbocycles. The number of halogens is 2. The molecule has 4 rings (SSSR count). The second-order valence-corrected chi connectivity index (χ2v) is 9.30. The smallest absolute Gasteiger partial charge is 0.365 e. The predicted molar refractivity (Wildman–Crippen MR) is 137 cm³/mol. The first-order chi connectivity index (χ1) is 15.4. The van der Waals surface area contributed by atoms with Gasteiger partial charge in [-0.2, -0.15) is 0 Å². The lowest BCUT2D eigenvalue weighted by atomic mass is 10.00. The Kier molecular flexibility index (Phi) is 6.68. The summed E-state index contributed by atoms with van der Waals surface area (Å²) in [6.45, 7) is 4.10. The highest BCUT2D eigenvalue weighted by Crippen LogP contribution is 2.43. The molecule has 0 unspecified atom stereocenters. The van der Waals surface area contributed by atoms with Gasteiger partial charge >= 0.3 is 11.5 Å². The Labute approximate surface area is 205 Å². The van der Waals surface area contributed by atoms with Crippen LogP contribution in [0.2, 0.25) is 0 Å². The van der Waals surface area contributed by atoms with Crippen molar-refractivity contribution in [1.82, 2.24) is 0 Å². The zero-order valence-corrected chi connectivity index (χ0v) is 21.5. The summed E-state index contributed by atoms with van der Waals surface area (Å²) in [6, 6.07) is 22.6. The van der Waals surface area contributed by atoms with E-state index in [1.807, 2.05) is 30.3 Å². The normalized spacial score (nSPS) is 10.8. The Hall–Kier alpha value is -2.63. The zero-order chi connectivity index (χ0) is 22.8. The van der Waals surface area contributed by atoms with Gasteiger partial charge in [0.15, 0.2) is 0 Å². The van der Waals surface area contributed by atoms with E-state index in [2.05, 4.69) is 82.1 Å². The lowest BCUT2D eigenvalue weighted by Gasteiger charge is -2.10. The second-order valence-electron chi connectivity index (χ2n) is 7.60. The van der Waals surface area contributed by atoms with Gasteiger partial charge in [0.2, 0.25) is 0 Å². The molecule has 0 saturated carbocycles. The first kappa shape index (κ1) is 22.6. The molecule has 0 bridgehead atoms. The number of hydrogen-bond acceptors (Lipinski definition) is 2. The molecule has 1 heterocycles. The highest BCUT2D eigenvalue weighted by Gasteiger charge is 2.27. The summed E-state index contributed by atoms with van der Waals surface area (Å²) in [5.41, 5.74) is 6.10. The van der Waals surface area contributed by atoms with Gasteiger partial charge in [-0.3, -0.25) is 0 Å². The van der Waals surface area contributed by atoms with Crippen molar-refractivity contribution in [3.63, 3.8) is 0 Å². The van der Waals surface area contributed by atoms with Crippen molar-refractivity contribution >= 4 is 31.9 Å². The van der Waals surface area contributed by atoms with Crippen LogP contribution in [0, 0.1) is 13.8 Å². The summed E-state index contributed by atoms with van der Waals surface area (Å²) in [4.78, 5) is 0. The van der Waals surface area contributed by atoms with Gasteiger partial charge in [-0.25, -0.2) is 4.42 Å². The SMILES string of the molecule is COc1c(Br)cc(C)cc1-c1cc(-c2ccccc2)cc(-c2cc(C)cc(Br)c2OC)[o+]1. The van der Waals surface area contributed by atoms with Crippen LogP contribution >= 0.6 is 31.9 Å². The standard InChI is InChI=1S/C27H23Br2O3/c1-16-10-20(26(30-3)22(28)12-16)24-14-19(18-8-6-5-7-9-18)15-25(32-24)21-11-17(2)13-23(29)27(21)31-4/h5-15H,1-4H3/q+1. The molecule has 0 aliphatic heterocycles. The van der Waals surface area contributed by atoms with Crippen molar-refractivity contribution in [2.45, 2.75) is 13.8 Å². The molecule has 0 fully saturated rings. The van der Waals surface area contributed by atoms with Crippen LogP contribution in [0.5, 0.6) is 11.5 Å². The van der Waals surface area contributed by atoms with Crippen LogP contribution in [-0.4, -0.2) is 14.2 Å². The van der Waals surface area contributed by atoms with Gasteiger partial charge < -0.3 is 9.47 Å². The first-order valence-corrected chi connectivity index (χ1v) is 11.7. The summed E-state index contributed by atoms with van der Waals surface area (Å²) in [5, 5.41) is 0. The molecule has 0 atom stereocenters. The van der Waals surface area contributed by atoms with E-state index in [0.717, 1.165) is 53.8 Å². The van der Waals surface area contributed by atoms with E-state index in [0.29, 0.717) is 11.5 Å². The molecule has 0 aliphatic carbocycles. The minimum Gasteiger partial charge on any atom is -0.495 e. The molecule has 32 heavy (non-hydrogen) atoms. The Morgan fingerprint density at radius 2 is 1.09 bits per heavy atom. The lowest BCUT2D eigenvalue weighted by molar-refractivity contribution is 0.410. The fourth-order valence-corrected chi connectivity index (χ4v) is 5.28. The van der Waals surface area contributed by atoms with E-state index in [4.69, 9.17) is 13.9 Å². The number of hydrogen-bond donors (Lipinski definition) is 0. The van der Waals surface area contributed by atoms with Gasteiger partial charge in [-0.1, -0.05) is 30.3 Å². The van der Waals surface area contributed by atoms with E-state index in [9.17, 15) is 0 Å².